The number of hydrogen-bond donors (Lipinski definition) is 1. The van der Waals surface area contributed by atoms with Crippen molar-refractivity contribution in [2.45, 2.75) is 58.4 Å². The lowest BCUT2D eigenvalue weighted by atomic mass is 9.48. The maximum absolute atomic E-state index is 12.6. The van der Waals surface area contributed by atoms with E-state index in [-0.39, 0.29) is 29.8 Å². The van der Waals surface area contributed by atoms with E-state index in [1.54, 1.807) is 18.2 Å². The molecule has 0 aromatic heterocycles. The molecule has 1 atom stereocenters. The number of ether oxygens (including phenoxy) is 2. The van der Waals surface area contributed by atoms with Gasteiger partial charge >= 0.3 is 0 Å². The fourth-order valence-corrected chi connectivity index (χ4v) is 6.29. The fraction of sp³-hybridized carbons (Fsp3) is 0.652. The Hall–Kier alpha value is -2.04. The number of Topliss-reactive ketones (excluding diaryl/α,β-unsaturated/α-hetero) is 1. The van der Waals surface area contributed by atoms with E-state index >= 15 is 0 Å². The van der Waals surface area contributed by atoms with Crippen LogP contribution in [0, 0.1) is 23.2 Å². The second kappa shape index (κ2) is 7.41. The summed E-state index contributed by atoms with van der Waals surface area (Å²) in [4.78, 5) is 24.1. The standard InChI is InChI=1S/C23H31NO4/c1-14(25)19-4-5-20(21(9-19)27-3)28-13-22(26)24-15(2)23-10-16-6-17(11-23)8-18(7-16)12-23/h4-5,9,15-18H,6-8,10-13H2,1-3H3,(H,24,26). The normalized spacial score (nSPS) is 31.3. The van der Waals surface area contributed by atoms with Gasteiger partial charge in [0.25, 0.3) is 5.91 Å². The summed E-state index contributed by atoms with van der Waals surface area (Å²) in [5, 5.41) is 3.22. The van der Waals surface area contributed by atoms with Crippen molar-refractivity contribution < 1.29 is 19.1 Å². The van der Waals surface area contributed by atoms with Crippen molar-refractivity contribution in [3.8, 4) is 11.5 Å². The monoisotopic (exact) mass is 385 g/mol. The molecule has 0 saturated heterocycles. The first-order chi connectivity index (χ1) is 13.4. The molecule has 0 spiro atoms. The van der Waals surface area contributed by atoms with Crippen molar-refractivity contribution in [2.24, 2.45) is 23.2 Å². The Labute approximate surface area is 167 Å². The molecule has 0 radical (unpaired) electrons. The smallest absolute Gasteiger partial charge is 0.258 e. The Morgan fingerprint density at radius 3 is 2.25 bits per heavy atom. The van der Waals surface area contributed by atoms with Crippen molar-refractivity contribution in [2.75, 3.05) is 13.7 Å². The van der Waals surface area contributed by atoms with Gasteiger partial charge in [0.2, 0.25) is 0 Å². The molecule has 152 valence electrons. The molecule has 1 N–H and O–H groups in total. The van der Waals surface area contributed by atoms with Crippen molar-refractivity contribution >= 4 is 11.7 Å². The van der Waals surface area contributed by atoms with E-state index in [9.17, 15) is 9.59 Å². The van der Waals surface area contributed by atoms with Crippen LogP contribution in [0.3, 0.4) is 0 Å². The van der Waals surface area contributed by atoms with E-state index in [4.69, 9.17) is 9.47 Å². The number of methoxy groups -OCH3 is 1. The zero-order valence-electron chi connectivity index (χ0n) is 17.1. The molecule has 5 heteroatoms. The molecule has 1 aromatic rings. The van der Waals surface area contributed by atoms with Gasteiger partial charge < -0.3 is 14.8 Å². The van der Waals surface area contributed by atoms with Gasteiger partial charge in [0.15, 0.2) is 23.9 Å². The highest BCUT2D eigenvalue weighted by Crippen LogP contribution is 2.61. The van der Waals surface area contributed by atoms with E-state index in [1.807, 2.05) is 0 Å². The predicted molar refractivity (Wildman–Crippen MR) is 107 cm³/mol. The number of benzene rings is 1. The number of rotatable bonds is 7. The van der Waals surface area contributed by atoms with Gasteiger partial charge in [0.05, 0.1) is 7.11 Å². The summed E-state index contributed by atoms with van der Waals surface area (Å²) in [5.74, 6) is 3.41. The van der Waals surface area contributed by atoms with Gasteiger partial charge in [-0.05, 0) is 93.7 Å². The van der Waals surface area contributed by atoms with E-state index in [0.717, 1.165) is 17.8 Å². The van der Waals surface area contributed by atoms with Gasteiger partial charge in [0, 0.05) is 11.6 Å². The third-order valence-corrected chi connectivity index (χ3v) is 7.31. The largest absolute Gasteiger partial charge is 0.493 e. The van der Waals surface area contributed by atoms with Crippen LogP contribution in [-0.2, 0) is 4.79 Å². The average molecular weight is 386 g/mol. The molecule has 1 unspecified atom stereocenters. The molecule has 28 heavy (non-hydrogen) atoms. The summed E-state index contributed by atoms with van der Waals surface area (Å²) in [6, 6.07) is 5.20. The Morgan fingerprint density at radius 2 is 1.71 bits per heavy atom. The Kier molecular flexibility index (Phi) is 5.11. The van der Waals surface area contributed by atoms with E-state index in [0.29, 0.717) is 17.1 Å². The minimum Gasteiger partial charge on any atom is -0.493 e. The Bertz CT molecular complexity index is 737. The summed E-state index contributed by atoms with van der Waals surface area (Å²) >= 11 is 0. The number of carbonyl (C=O) groups is 2. The highest BCUT2D eigenvalue weighted by Gasteiger charge is 2.53. The molecular formula is C23H31NO4. The highest BCUT2D eigenvalue weighted by atomic mass is 16.5. The minimum absolute atomic E-state index is 0.0352. The summed E-state index contributed by atoms with van der Waals surface area (Å²) < 4.78 is 11.0. The summed E-state index contributed by atoms with van der Waals surface area (Å²) in [6.45, 7) is 3.63. The van der Waals surface area contributed by atoms with Crippen LogP contribution in [-0.4, -0.2) is 31.4 Å². The van der Waals surface area contributed by atoms with Crippen LogP contribution < -0.4 is 14.8 Å². The number of hydrogen-bond acceptors (Lipinski definition) is 4. The lowest BCUT2D eigenvalue weighted by molar-refractivity contribution is -0.127. The Morgan fingerprint density at radius 1 is 1.11 bits per heavy atom. The molecule has 5 rings (SSSR count). The summed E-state index contributed by atoms with van der Waals surface area (Å²) in [5.41, 5.74) is 0.842. The number of carbonyl (C=O) groups excluding carboxylic acids is 2. The van der Waals surface area contributed by atoms with Crippen LogP contribution in [0.25, 0.3) is 0 Å². The quantitative estimate of drug-likeness (QED) is 0.721. The number of ketones is 1. The Balaban J connectivity index is 1.35. The number of nitrogens with one attached hydrogen (secondary N) is 1. The minimum atomic E-state index is -0.0963. The molecule has 1 aromatic carbocycles. The second-order valence-corrected chi connectivity index (χ2v) is 9.28. The SMILES string of the molecule is COc1cc(C(C)=O)ccc1OCC(=O)NC(C)C12CC3CC(CC(C3)C1)C2. The molecule has 4 aliphatic rings. The molecule has 4 bridgehead atoms. The lowest BCUT2D eigenvalue weighted by Gasteiger charge is -2.59. The molecule has 0 aliphatic heterocycles. The van der Waals surface area contributed by atoms with Crippen LogP contribution in [0.2, 0.25) is 0 Å². The maximum atomic E-state index is 12.6. The first-order valence-electron chi connectivity index (χ1n) is 10.5. The summed E-state index contributed by atoms with van der Waals surface area (Å²) in [7, 11) is 1.53. The fourth-order valence-electron chi connectivity index (χ4n) is 6.29. The third kappa shape index (κ3) is 3.63. The van der Waals surface area contributed by atoms with Gasteiger partial charge in [-0.25, -0.2) is 0 Å². The van der Waals surface area contributed by atoms with Crippen molar-refractivity contribution in [1.82, 2.24) is 5.32 Å². The molecule has 0 heterocycles. The van der Waals surface area contributed by atoms with Crippen LogP contribution in [0.1, 0.15) is 62.7 Å². The van der Waals surface area contributed by atoms with Crippen LogP contribution in [0.4, 0.5) is 0 Å². The van der Waals surface area contributed by atoms with Gasteiger partial charge in [-0.3, -0.25) is 9.59 Å². The van der Waals surface area contributed by atoms with Gasteiger partial charge in [-0.15, -0.1) is 0 Å². The van der Waals surface area contributed by atoms with Crippen molar-refractivity contribution in [1.29, 1.82) is 0 Å². The van der Waals surface area contributed by atoms with Gasteiger partial charge in [-0.2, -0.15) is 0 Å². The van der Waals surface area contributed by atoms with Gasteiger partial charge in [-0.1, -0.05) is 0 Å². The zero-order valence-corrected chi connectivity index (χ0v) is 17.1. The first kappa shape index (κ1) is 19.3. The molecule has 1 amide bonds. The highest BCUT2D eigenvalue weighted by molar-refractivity contribution is 5.94. The third-order valence-electron chi connectivity index (χ3n) is 7.31. The van der Waals surface area contributed by atoms with Gasteiger partial charge in [0.1, 0.15) is 0 Å². The number of amides is 1. The maximum Gasteiger partial charge on any atom is 0.258 e. The molecule has 4 fully saturated rings. The second-order valence-electron chi connectivity index (χ2n) is 9.28. The first-order valence-corrected chi connectivity index (χ1v) is 10.5. The van der Waals surface area contributed by atoms with Crippen molar-refractivity contribution in [3.05, 3.63) is 23.8 Å². The molecule has 4 aliphatic carbocycles. The van der Waals surface area contributed by atoms with E-state index in [1.165, 1.54) is 52.6 Å². The zero-order chi connectivity index (χ0) is 19.9. The topological polar surface area (TPSA) is 64.6 Å². The van der Waals surface area contributed by atoms with Crippen LogP contribution >= 0.6 is 0 Å². The van der Waals surface area contributed by atoms with E-state index in [2.05, 4.69) is 12.2 Å². The van der Waals surface area contributed by atoms with Crippen molar-refractivity contribution in [3.63, 3.8) is 0 Å². The molecular weight excluding hydrogens is 354 g/mol. The summed E-state index contributed by atoms with van der Waals surface area (Å²) in [6.07, 6.45) is 8.00. The molecule has 5 nitrogen and oxygen atoms in total. The van der Waals surface area contributed by atoms with Crippen LogP contribution in [0.15, 0.2) is 18.2 Å². The lowest BCUT2D eigenvalue weighted by Crippen LogP contribution is -2.56. The molecule has 4 saturated carbocycles. The average Bonchev–Trinajstić information content (AvgIpc) is 2.65. The van der Waals surface area contributed by atoms with E-state index < -0.39 is 0 Å². The predicted octanol–water partition coefficient (Wildman–Crippen LogP) is 4.00. The van der Waals surface area contributed by atoms with Crippen LogP contribution in [0.5, 0.6) is 11.5 Å².